The van der Waals surface area contributed by atoms with Gasteiger partial charge in [0.05, 0.1) is 11.7 Å². The van der Waals surface area contributed by atoms with Gasteiger partial charge in [0.25, 0.3) is 0 Å². The van der Waals surface area contributed by atoms with Crippen molar-refractivity contribution in [2.75, 3.05) is 5.73 Å². The number of nitrogen functional groups attached to an aromatic ring is 1. The molecule has 0 saturated carbocycles. The van der Waals surface area contributed by atoms with Gasteiger partial charge in [-0.15, -0.1) is 0 Å². The molecule has 3 rings (SSSR count). The third kappa shape index (κ3) is 1.32. The maximum absolute atomic E-state index is 5.77. The summed E-state index contributed by atoms with van der Waals surface area (Å²) in [5.74, 6) is 0.495. The Bertz CT molecular complexity index is 632. The van der Waals surface area contributed by atoms with E-state index in [4.69, 9.17) is 10.3 Å². The second-order valence-electron chi connectivity index (χ2n) is 3.52. The quantitative estimate of drug-likeness (QED) is 0.671. The highest BCUT2D eigenvalue weighted by atomic mass is 16.5. The van der Waals surface area contributed by atoms with Crippen molar-refractivity contribution in [2.24, 2.45) is 0 Å². The first-order valence-electron chi connectivity index (χ1n) is 4.89. The van der Waals surface area contributed by atoms with Crippen molar-refractivity contribution >= 4 is 16.7 Å². The first-order valence-corrected chi connectivity index (χ1v) is 4.89. The van der Waals surface area contributed by atoms with E-state index in [9.17, 15) is 0 Å². The maximum atomic E-state index is 5.77. The van der Waals surface area contributed by atoms with E-state index in [1.165, 1.54) is 0 Å². The zero-order chi connectivity index (χ0) is 11.0. The van der Waals surface area contributed by atoms with E-state index in [-0.39, 0.29) is 0 Å². The molecule has 4 heteroatoms. The Morgan fingerprint density at radius 1 is 1.19 bits per heavy atom. The lowest BCUT2D eigenvalue weighted by Gasteiger charge is -2.04. The fourth-order valence-corrected chi connectivity index (χ4v) is 1.77. The van der Waals surface area contributed by atoms with Crippen LogP contribution in [-0.4, -0.2) is 10.1 Å². The highest BCUT2D eigenvalue weighted by molar-refractivity contribution is 5.95. The number of pyridine rings is 1. The number of nitrogens with two attached hydrogens (primary N) is 1. The Hall–Kier alpha value is -2.36. The molecule has 0 aliphatic carbocycles. The van der Waals surface area contributed by atoms with Gasteiger partial charge in [0, 0.05) is 10.9 Å². The molecule has 0 saturated heterocycles. The van der Waals surface area contributed by atoms with Crippen molar-refractivity contribution < 1.29 is 4.52 Å². The number of rotatable bonds is 1. The van der Waals surface area contributed by atoms with Gasteiger partial charge in [-0.1, -0.05) is 23.4 Å². The number of aromatic nitrogens is 2. The average molecular weight is 211 g/mol. The van der Waals surface area contributed by atoms with Gasteiger partial charge >= 0.3 is 0 Å². The van der Waals surface area contributed by atoms with Crippen LogP contribution >= 0.6 is 0 Å². The van der Waals surface area contributed by atoms with E-state index in [2.05, 4.69) is 10.1 Å². The van der Waals surface area contributed by atoms with Crippen LogP contribution in [0.15, 0.2) is 47.3 Å². The van der Waals surface area contributed by atoms with Crippen LogP contribution in [0.25, 0.3) is 22.0 Å². The predicted octanol–water partition coefficient (Wildman–Crippen LogP) is 2.47. The molecule has 0 atom stereocenters. The van der Waals surface area contributed by atoms with Crippen LogP contribution in [0.5, 0.6) is 0 Å². The molecule has 2 N–H and O–H groups in total. The molecule has 0 radical (unpaired) electrons. The van der Waals surface area contributed by atoms with Gasteiger partial charge in [-0.05, 0) is 17.7 Å². The molecule has 2 heterocycles. The van der Waals surface area contributed by atoms with Crippen molar-refractivity contribution in [2.45, 2.75) is 0 Å². The fourth-order valence-electron chi connectivity index (χ4n) is 1.77. The molecule has 0 unspecified atom stereocenters. The average Bonchev–Trinajstić information content (AvgIpc) is 2.81. The van der Waals surface area contributed by atoms with Gasteiger partial charge in [0.2, 0.25) is 0 Å². The van der Waals surface area contributed by atoms with E-state index >= 15 is 0 Å². The predicted molar refractivity (Wildman–Crippen MR) is 61.7 cm³/mol. The summed E-state index contributed by atoms with van der Waals surface area (Å²) >= 11 is 0. The second kappa shape index (κ2) is 3.34. The molecule has 3 aromatic rings. The van der Waals surface area contributed by atoms with Crippen molar-refractivity contribution in [1.82, 2.24) is 10.1 Å². The van der Waals surface area contributed by atoms with Crippen LogP contribution in [0.1, 0.15) is 0 Å². The van der Waals surface area contributed by atoms with Crippen molar-refractivity contribution in [3.05, 3.63) is 42.8 Å². The Morgan fingerprint density at radius 2 is 2.06 bits per heavy atom. The standard InChI is InChI=1S/C12H9N3O/c13-12-5-10(8-6-14-16-7-8)9-3-1-2-4-11(9)15-12/h1-7H,(H2,13,15). The summed E-state index contributed by atoms with van der Waals surface area (Å²) in [6, 6.07) is 9.67. The molecule has 1 aromatic carbocycles. The lowest BCUT2D eigenvalue weighted by molar-refractivity contribution is 0.420. The molecule has 0 aliphatic heterocycles. The van der Waals surface area contributed by atoms with Gasteiger partial charge in [0.15, 0.2) is 0 Å². The van der Waals surface area contributed by atoms with E-state index in [0.29, 0.717) is 5.82 Å². The summed E-state index contributed by atoms with van der Waals surface area (Å²) in [5.41, 5.74) is 8.54. The summed E-state index contributed by atoms with van der Waals surface area (Å²) in [7, 11) is 0. The topological polar surface area (TPSA) is 64.9 Å². The van der Waals surface area contributed by atoms with E-state index in [0.717, 1.165) is 22.0 Å². The van der Waals surface area contributed by atoms with Crippen LogP contribution in [0.2, 0.25) is 0 Å². The number of hydrogen-bond acceptors (Lipinski definition) is 4. The van der Waals surface area contributed by atoms with Gasteiger partial charge < -0.3 is 10.3 Å². The lowest BCUT2D eigenvalue weighted by atomic mass is 10.0. The van der Waals surface area contributed by atoms with Crippen molar-refractivity contribution in [3.63, 3.8) is 0 Å². The zero-order valence-corrected chi connectivity index (χ0v) is 8.42. The summed E-state index contributed by atoms with van der Waals surface area (Å²) in [6.07, 6.45) is 3.27. The maximum Gasteiger partial charge on any atom is 0.131 e. The van der Waals surface area contributed by atoms with Crippen LogP contribution in [0.4, 0.5) is 5.82 Å². The van der Waals surface area contributed by atoms with Crippen LogP contribution < -0.4 is 5.73 Å². The summed E-state index contributed by atoms with van der Waals surface area (Å²) in [4.78, 5) is 4.27. The van der Waals surface area contributed by atoms with E-state index in [1.54, 1.807) is 12.5 Å². The van der Waals surface area contributed by atoms with Crippen LogP contribution in [-0.2, 0) is 0 Å². The highest BCUT2D eigenvalue weighted by Gasteiger charge is 2.07. The number of para-hydroxylation sites is 1. The minimum absolute atomic E-state index is 0.495. The van der Waals surface area contributed by atoms with Gasteiger partial charge in [-0.25, -0.2) is 4.98 Å². The lowest BCUT2D eigenvalue weighted by Crippen LogP contribution is -1.92. The van der Waals surface area contributed by atoms with Crippen molar-refractivity contribution in [1.29, 1.82) is 0 Å². The third-order valence-electron chi connectivity index (χ3n) is 2.48. The van der Waals surface area contributed by atoms with Gasteiger partial charge in [-0.3, -0.25) is 0 Å². The zero-order valence-electron chi connectivity index (χ0n) is 8.42. The number of anilines is 1. The number of hydrogen-bond donors (Lipinski definition) is 1. The van der Waals surface area contributed by atoms with Crippen molar-refractivity contribution in [3.8, 4) is 11.1 Å². The smallest absolute Gasteiger partial charge is 0.131 e. The van der Waals surface area contributed by atoms with Gasteiger partial charge in [0.1, 0.15) is 12.1 Å². The first-order chi connectivity index (χ1) is 7.84. The SMILES string of the molecule is Nc1cc(-c2cnoc2)c2ccccc2n1. The summed E-state index contributed by atoms with van der Waals surface area (Å²) < 4.78 is 4.85. The Labute approximate surface area is 91.7 Å². The molecular formula is C12H9N3O. The van der Waals surface area contributed by atoms with Crippen LogP contribution in [0.3, 0.4) is 0 Å². The molecule has 78 valence electrons. The molecular weight excluding hydrogens is 202 g/mol. The largest absolute Gasteiger partial charge is 0.384 e. The van der Waals surface area contributed by atoms with E-state index < -0.39 is 0 Å². The molecule has 0 spiro atoms. The van der Waals surface area contributed by atoms with Crippen LogP contribution in [0, 0.1) is 0 Å². The molecule has 0 aliphatic rings. The molecule has 0 amide bonds. The minimum atomic E-state index is 0.495. The normalized spacial score (nSPS) is 10.8. The molecule has 0 bridgehead atoms. The highest BCUT2D eigenvalue weighted by Crippen LogP contribution is 2.28. The Morgan fingerprint density at radius 3 is 2.88 bits per heavy atom. The summed E-state index contributed by atoms with van der Waals surface area (Å²) in [6.45, 7) is 0. The fraction of sp³-hybridized carbons (Fsp3) is 0. The second-order valence-corrected chi connectivity index (χ2v) is 3.52. The first kappa shape index (κ1) is 8.91. The minimum Gasteiger partial charge on any atom is -0.384 e. The number of nitrogens with zero attached hydrogens (tertiary/aromatic N) is 2. The van der Waals surface area contributed by atoms with Gasteiger partial charge in [-0.2, -0.15) is 0 Å². The van der Waals surface area contributed by atoms with E-state index in [1.807, 2.05) is 30.3 Å². The Kier molecular flexibility index (Phi) is 1.86. The number of benzene rings is 1. The molecule has 0 fully saturated rings. The number of fused-ring (bicyclic) bond motifs is 1. The Balaban J connectivity index is 2.39. The molecule has 16 heavy (non-hydrogen) atoms. The summed E-state index contributed by atoms with van der Waals surface area (Å²) in [5, 5.41) is 4.74. The molecule has 2 aromatic heterocycles. The molecule has 4 nitrogen and oxygen atoms in total. The third-order valence-corrected chi connectivity index (χ3v) is 2.48. The monoisotopic (exact) mass is 211 g/mol.